The Hall–Kier alpha value is -1.33. The highest BCUT2D eigenvalue weighted by molar-refractivity contribution is 7.98. The van der Waals surface area contributed by atoms with Crippen LogP contribution in [0.4, 0.5) is 0 Å². The molecule has 0 aliphatic carbocycles. The molecule has 2 N–H and O–H groups in total. The van der Waals surface area contributed by atoms with Gasteiger partial charge in [-0.05, 0) is 26.3 Å². The van der Waals surface area contributed by atoms with E-state index in [1.165, 1.54) is 16.7 Å². The first-order valence-corrected chi connectivity index (χ1v) is 7.44. The largest absolute Gasteiger partial charge is 0.324 e. The molecule has 0 radical (unpaired) electrons. The van der Waals surface area contributed by atoms with E-state index >= 15 is 0 Å². The van der Waals surface area contributed by atoms with Gasteiger partial charge in [-0.15, -0.1) is 10.2 Å². The normalized spacial score (nSPS) is 10.9. The van der Waals surface area contributed by atoms with Crippen LogP contribution >= 0.6 is 11.8 Å². The van der Waals surface area contributed by atoms with Crippen molar-refractivity contribution in [1.82, 2.24) is 14.8 Å². The van der Waals surface area contributed by atoms with E-state index in [0.717, 1.165) is 23.3 Å². The van der Waals surface area contributed by atoms with Crippen molar-refractivity contribution in [2.75, 3.05) is 0 Å². The summed E-state index contributed by atoms with van der Waals surface area (Å²) in [7, 11) is 0. The standard InChI is InChI=1S/C14H20N4S/c1-4-18-13(8-15)16-17-14(18)19-9-12-6-10(2)5-11(3)7-12/h5-7H,4,8-9,15H2,1-3H3. The van der Waals surface area contributed by atoms with Crippen LogP contribution in [-0.2, 0) is 18.8 Å². The average molecular weight is 276 g/mol. The van der Waals surface area contributed by atoms with Gasteiger partial charge in [0.1, 0.15) is 5.82 Å². The Balaban J connectivity index is 2.12. The van der Waals surface area contributed by atoms with Crippen LogP contribution in [0.3, 0.4) is 0 Å². The summed E-state index contributed by atoms with van der Waals surface area (Å²) in [6.45, 7) is 7.63. The molecule has 1 aromatic carbocycles. The second kappa shape index (κ2) is 6.21. The third kappa shape index (κ3) is 3.36. The lowest BCUT2D eigenvalue weighted by Gasteiger charge is -2.07. The van der Waals surface area contributed by atoms with Gasteiger partial charge < -0.3 is 10.3 Å². The summed E-state index contributed by atoms with van der Waals surface area (Å²) >= 11 is 1.71. The van der Waals surface area contributed by atoms with Gasteiger partial charge in [0, 0.05) is 12.3 Å². The lowest BCUT2D eigenvalue weighted by molar-refractivity contribution is 0.643. The monoisotopic (exact) mass is 276 g/mol. The van der Waals surface area contributed by atoms with Gasteiger partial charge in [0.2, 0.25) is 0 Å². The van der Waals surface area contributed by atoms with Gasteiger partial charge in [-0.25, -0.2) is 0 Å². The summed E-state index contributed by atoms with van der Waals surface area (Å²) in [4.78, 5) is 0. The van der Waals surface area contributed by atoms with E-state index in [-0.39, 0.29) is 0 Å². The molecule has 102 valence electrons. The van der Waals surface area contributed by atoms with Crippen LogP contribution in [-0.4, -0.2) is 14.8 Å². The van der Waals surface area contributed by atoms with Crippen molar-refractivity contribution in [3.63, 3.8) is 0 Å². The zero-order chi connectivity index (χ0) is 13.8. The summed E-state index contributed by atoms with van der Waals surface area (Å²) in [5, 5.41) is 9.28. The van der Waals surface area contributed by atoms with E-state index in [1.54, 1.807) is 11.8 Å². The van der Waals surface area contributed by atoms with Crippen molar-refractivity contribution >= 4 is 11.8 Å². The highest BCUT2D eigenvalue weighted by Crippen LogP contribution is 2.23. The maximum Gasteiger partial charge on any atom is 0.191 e. The fraction of sp³-hybridized carbons (Fsp3) is 0.429. The van der Waals surface area contributed by atoms with E-state index in [4.69, 9.17) is 5.73 Å². The number of benzene rings is 1. The molecule has 0 saturated carbocycles. The van der Waals surface area contributed by atoms with Crippen LogP contribution in [0.2, 0.25) is 0 Å². The molecule has 0 aliphatic heterocycles. The smallest absolute Gasteiger partial charge is 0.191 e. The molecular weight excluding hydrogens is 256 g/mol. The number of hydrogen-bond acceptors (Lipinski definition) is 4. The summed E-state index contributed by atoms with van der Waals surface area (Å²) < 4.78 is 2.08. The predicted molar refractivity (Wildman–Crippen MR) is 79.1 cm³/mol. The Bertz CT molecular complexity index is 542. The van der Waals surface area contributed by atoms with Gasteiger partial charge in [-0.3, -0.25) is 0 Å². The molecule has 0 fully saturated rings. The van der Waals surface area contributed by atoms with Crippen LogP contribution in [0.25, 0.3) is 0 Å². The fourth-order valence-corrected chi connectivity index (χ4v) is 3.15. The molecule has 4 nitrogen and oxygen atoms in total. The number of hydrogen-bond donors (Lipinski definition) is 1. The first-order valence-electron chi connectivity index (χ1n) is 6.46. The predicted octanol–water partition coefficient (Wildman–Crippen LogP) is 2.67. The van der Waals surface area contributed by atoms with Crippen LogP contribution in [0.15, 0.2) is 23.4 Å². The van der Waals surface area contributed by atoms with Crippen molar-refractivity contribution in [1.29, 1.82) is 0 Å². The average Bonchev–Trinajstić information content (AvgIpc) is 2.77. The van der Waals surface area contributed by atoms with Crippen LogP contribution in [0, 0.1) is 13.8 Å². The van der Waals surface area contributed by atoms with Gasteiger partial charge in [0.05, 0.1) is 6.54 Å². The maximum atomic E-state index is 5.65. The minimum Gasteiger partial charge on any atom is -0.324 e. The number of nitrogens with zero attached hydrogens (tertiary/aromatic N) is 3. The second-order valence-corrected chi connectivity index (χ2v) is 5.57. The topological polar surface area (TPSA) is 56.7 Å². The molecule has 2 aromatic rings. The molecule has 0 amide bonds. The highest BCUT2D eigenvalue weighted by Gasteiger charge is 2.10. The van der Waals surface area contributed by atoms with Crippen molar-refractivity contribution < 1.29 is 0 Å². The summed E-state index contributed by atoms with van der Waals surface area (Å²) in [6, 6.07) is 6.63. The number of rotatable bonds is 5. The lowest BCUT2D eigenvalue weighted by Crippen LogP contribution is -2.08. The first kappa shape index (κ1) is 14.1. The minimum absolute atomic E-state index is 0.435. The zero-order valence-electron chi connectivity index (χ0n) is 11.7. The van der Waals surface area contributed by atoms with Gasteiger partial charge in [0.15, 0.2) is 5.16 Å². The van der Waals surface area contributed by atoms with E-state index < -0.39 is 0 Å². The van der Waals surface area contributed by atoms with Crippen LogP contribution in [0.5, 0.6) is 0 Å². The van der Waals surface area contributed by atoms with Crippen LogP contribution < -0.4 is 5.73 Å². The molecule has 0 atom stereocenters. The quantitative estimate of drug-likeness (QED) is 0.853. The molecule has 5 heteroatoms. The SMILES string of the molecule is CCn1c(CN)nnc1SCc1cc(C)cc(C)c1. The molecule has 0 spiro atoms. The minimum atomic E-state index is 0.435. The Morgan fingerprint density at radius 3 is 2.42 bits per heavy atom. The summed E-state index contributed by atoms with van der Waals surface area (Å²) in [5.41, 5.74) is 9.58. The number of aromatic nitrogens is 3. The molecule has 19 heavy (non-hydrogen) atoms. The van der Waals surface area contributed by atoms with E-state index in [9.17, 15) is 0 Å². The van der Waals surface area contributed by atoms with E-state index in [1.807, 2.05) is 0 Å². The maximum absolute atomic E-state index is 5.65. The number of thioether (sulfide) groups is 1. The zero-order valence-corrected chi connectivity index (χ0v) is 12.5. The van der Waals surface area contributed by atoms with Crippen LogP contribution in [0.1, 0.15) is 29.4 Å². The van der Waals surface area contributed by atoms with Gasteiger partial charge in [-0.2, -0.15) is 0 Å². The Labute approximate surface area is 118 Å². The molecular formula is C14H20N4S. The van der Waals surface area contributed by atoms with Crippen molar-refractivity contribution in [2.24, 2.45) is 5.73 Å². The highest BCUT2D eigenvalue weighted by atomic mass is 32.2. The second-order valence-electron chi connectivity index (χ2n) is 4.63. The van der Waals surface area contributed by atoms with Gasteiger partial charge in [0.25, 0.3) is 0 Å². The molecule has 0 saturated heterocycles. The molecule has 0 unspecified atom stereocenters. The van der Waals surface area contributed by atoms with Crippen molar-refractivity contribution in [3.05, 3.63) is 40.7 Å². The van der Waals surface area contributed by atoms with Gasteiger partial charge >= 0.3 is 0 Å². The summed E-state index contributed by atoms with van der Waals surface area (Å²) in [5.74, 6) is 1.76. The third-order valence-corrected chi connectivity index (χ3v) is 3.98. The first-order chi connectivity index (χ1) is 9.13. The molecule has 1 heterocycles. The fourth-order valence-electron chi connectivity index (χ4n) is 2.19. The van der Waals surface area contributed by atoms with E-state index in [2.05, 4.69) is 53.7 Å². The van der Waals surface area contributed by atoms with Gasteiger partial charge in [-0.1, -0.05) is 41.1 Å². The molecule has 2 rings (SSSR count). The Morgan fingerprint density at radius 2 is 1.84 bits per heavy atom. The van der Waals surface area contributed by atoms with Crippen molar-refractivity contribution in [2.45, 2.75) is 44.8 Å². The summed E-state index contributed by atoms with van der Waals surface area (Å²) in [6.07, 6.45) is 0. The molecule has 0 aliphatic rings. The number of nitrogens with two attached hydrogens (primary N) is 1. The number of aryl methyl sites for hydroxylation is 2. The lowest BCUT2D eigenvalue weighted by atomic mass is 10.1. The third-order valence-electron chi connectivity index (χ3n) is 2.94. The van der Waals surface area contributed by atoms with Crippen molar-refractivity contribution in [3.8, 4) is 0 Å². The Morgan fingerprint density at radius 1 is 1.16 bits per heavy atom. The molecule has 1 aromatic heterocycles. The molecule has 0 bridgehead atoms. The van der Waals surface area contributed by atoms with E-state index in [0.29, 0.717) is 6.54 Å². The Kier molecular flexibility index (Phi) is 4.61.